The van der Waals surface area contributed by atoms with Gasteiger partial charge in [0.25, 0.3) is 0 Å². The monoisotopic (exact) mass is 290 g/mol. The van der Waals surface area contributed by atoms with Gasteiger partial charge in [0.15, 0.2) is 0 Å². The minimum Gasteiger partial charge on any atom is -0.381 e. The summed E-state index contributed by atoms with van der Waals surface area (Å²) in [7, 11) is 0. The average Bonchev–Trinajstić information content (AvgIpc) is 2.56. The topological polar surface area (TPSA) is 71.7 Å². The van der Waals surface area contributed by atoms with Crippen molar-refractivity contribution in [2.45, 2.75) is 18.4 Å². The van der Waals surface area contributed by atoms with E-state index in [1.54, 1.807) is 6.20 Å². The van der Waals surface area contributed by atoms with E-state index in [1.807, 2.05) is 23.1 Å². The number of ether oxygens (including phenoxy) is 1. The summed E-state index contributed by atoms with van der Waals surface area (Å²) in [6, 6.07) is 5.89. The van der Waals surface area contributed by atoms with Crippen LogP contribution in [0.25, 0.3) is 0 Å². The van der Waals surface area contributed by atoms with Gasteiger partial charge in [-0.25, -0.2) is 4.98 Å². The van der Waals surface area contributed by atoms with Crippen LogP contribution >= 0.6 is 0 Å². The molecule has 2 aliphatic rings. The van der Waals surface area contributed by atoms with Crippen LogP contribution in [-0.4, -0.2) is 60.7 Å². The van der Waals surface area contributed by atoms with Crippen LogP contribution in [0, 0.1) is 0 Å². The van der Waals surface area contributed by atoms with Gasteiger partial charge in [-0.15, -0.1) is 0 Å². The SMILES string of the molecule is NC1(C(=O)N2CCN(c3ccccn3)CC2)CCOCC1. The summed E-state index contributed by atoms with van der Waals surface area (Å²) in [5, 5.41) is 0. The van der Waals surface area contributed by atoms with E-state index in [4.69, 9.17) is 10.5 Å². The third kappa shape index (κ3) is 3.01. The van der Waals surface area contributed by atoms with Crippen molar-refractivity contribution in [1.82, 2.24) is 9.88 Å². The highest BCUT2D eigenvalue weighted by atomic mass is 16.5. The van der Waals surface area contributed by atoms with Crippen LogP contribution in [0.15, 0.2) is 24.4 Å². The Hall–Kier alpha value is -1.66. The van der Waals surface area contributed by atoms with Crippen molar-refractivity contribution >= 4 is 11.7 Å². The molecule has 0 atom stereocenters. The third-order valence-electron chi connectivity index (χ3n) is 4.35. The summed E-state index contributed by atoms with van der Waals surface area (Å²) < 4.78 is 5.31. The highest BCUT2D eigenvalue weighted by Gasteiger charge is 2.39. The Bertz CT molecular complexity index is 480. The molecule has 0 aromatic carbocycles. The number of hydrogen-bond donors (Lipinski definition) is 1. The molecule has 6 nitrogen and oxygen atoms in total. The molecule has 1 aromatic rings. The van der Waals surface area contributed by atoms with E-state index >= 15 is 0 Å². The van der Waals surface area contributed by atoms with Gasteiger partial charge in [-0.1, -0.05) is 6.07 Å². The molecule has 6 heteroatoms. The van der Waals surface area contributed by atoms with Crippen molar-refractivity contribution in [1.29, 1.82) is 0 Å². The van der Waals surface area contributed by atoms with E-state index in [0.717, 1.165) is 18.9 Å². The number of pyridine rings is 1. The molecule has 2 aliphatic heterocycles. The molecule has 1 aromatic heterocycles. The first kappa shape index (κ1) is 14.3. The zero-order chi connectivity index (χ0) is 14.7. The van der Waals surface area contributed by atoms with Gasteiger partial charge in [0.1, 0.15) is 5.82 Å². The Labute approximate surface area is 124 Å². The lowest BCUT2D eigenvalue weighted by atomic mass is 9.89. The molecule has 0 radical (unpaired) electrons. The molecule has 21 heavy (non-hydrogen) atoms. The number of carbonyl (C=O) groups excluding carboxylic acids is 1. The predicted molar refractivity (Wildman–Crippen MR) is 80.0 cm³/mol. The van der Waals surface area contributed by atoms with Gasteiger partial charge in [-0.05, 0) is 25.0 Å². The van der Waals surface area contributed by atoms with Gasteiger partial charge < -0.3 is 20.3 Å². The van der Waals surface area contributed by atoms with Crippen LogP contribution in [0.5, 0.6) is 0 Å². The minimum absolute atomic E-state index is 0.0754. The summed E-state index contributed by atoms with van der Waals surface area (Å²) in [4.78, 5) is 21.1. The molecule has 3 heterocycles. The largest absolute Gasteiger partial charge is 0.381 e. The molecule has 0 aliphatic carbocycles. The van der Waals surface area contributed by atoms with Crippen LogP contribution in [0.2, 0.25) is 0 Å². The number of amides is 1. The summed E-state index contributed by atoms with van der Waals surface area (Å²) in [5.41, 5.74) is 5.55. The highest BCUT2D eigenvalue weighted by Crippen LogP contribution is 2.22. The van der Waals surface area contributed by atoms with Crippen molar-refractivity contribution in [2.75, 3.05) is 44.3 Å². The number of nitrogens with two attached hydrogens (primary N) is 1. The Morgan fingerprint density at radius 3 is 2.52 bits per heavy atom. The van der Waals surface area contributed by atoms with Crippen LogP contribution < -0.4 is 10.6 Å². The molecule has 2 N–H and O–H groups in total. The maximum Gasteiger partial charge on any atom is 0.242 e. The van der Waals surface area contributed by atoms with Gasteiger partial charge >= 0.3 is 0 Å². The number of hydrogen-bond acceptors (Lipinski definition) is 5. The molecule has 2 saturated heterocycles. The molecule has 0 bridgehead atoms. The lowest BCUT2D eigenvalue weighted by Crippen LogP contribution is -2.61. The first-order valence-electron chi connectivity index (χ1n) is 7.51. The second kappa shape index (κ2) is 5.99. The van der Waals surface area contributed by atoms with Crippen LogP contribution in [0.3, 0.4) is 0 Å². The lowest BCUT2D eigenvalue weighted by Gasteiger charge is -2.41. The maximum absolute atomic E-state index is 12.6. The molecular weight excluding hydrogens is 268 g/mol. The lowest BCUT2D eigenvalue weighted by molar-refractivity contribution is -0.140. The average molecular weight is 290 g/mol. The number of nitrogens with zero attached hydrogens (tertiary/aromatic N) is 3. The Morgan fingerprint density at radius 2 is 1.90 bits per heavy atom. The Morgan fingerprint density at radius 1 is 1.19 bits per heavy atom. The van der Waals surface area contributed by atoms with E-state index in [1.165, 1.54) is 0 Å². The zero-order valence-corrected chi connectivity index (χ0v) is 12.2. The third-order valence-corrected chi connectivity index (χ3v) is 4.35. The fourth-order valence-corrected chi connectivity index (χ4v) is 2.94. The highest BCUT2D eigenvalue weighted by molar-refractivity contribution is 5.86. The molecule has 3 rings (SSSR count). The zero-order valence-electron chi connectivity index (χ0n) is 12.2. The summed E-state index contributed by atoms with van der Waals surface area (Å²) >= 11 is 0. The molecule has 1 amide bonds. The minimum atomic E-state index is -0.731. The first-order valence-corrected chi connectivity index (χ1v) is 7.51. The van der Waals surface area contributed by atoms with Gasteiger partial charge in [-0.2, -0.15) is 0 Å². The van der Waals surface area contributed by atoms with Crippen LogP contribution in [0.1, 0.15) is 12.8 Å². The van der Waals surface area contributed by atoms with Gasteiger partial charge in [0, 0.05) is 45.6 Å². The van der Waals surface area contributed by atoms with Crippen molar-refractivity contribution in [3.05, 3.63) is 24.4 Å². The van der Waals surface area contributed by atoms with Gasteiger partial charge in [0.05, 0.1) is 5.54 Å². The van der Waals surface area contributed by atoms with E-state index in [9.17, 15) is 4.79 Å². The molecule has 2 fully saturated rings. The standard InChI is InChI=1S/C15H22N4O2/c16-15(4-11-21-12-5-15)14(20)19-9-7-18(8-10-19)13-3-1-2-6-17-13/h1-3,6H,4-5,7-12,16H2. The molecular formula is C15H22N4O2. The number of carbonyl (C=O) groups is 1. The molecule has 114 valence electrons. The van der Waals surface area contributed by atoms with E-state index < -0.39 is 5.54 Å². The summed E-state index contributed by atoms with van der Waals surface area (Å²) in [6.07, 6.45) is 3.03. The molecule has 0 spiro atoms. The van der Waals surface area contributed by atoms with Crippen molar-refractivity contribution in [3.63, 3.8) is 0 Å². The second-order valence-electron chi connectivity index (χ2n) is 5.74. The van der Waals surface area contributed by atoms with E-state index in [0.29, 0.717) is 39.1 Å². The summed E-state index contributed by atoms with van der Waals surface area (Å²) in [6.45, 7) is 4.17. The van der Waals surface area contributed by atoms with Gasteiger partial charge in [0.2, 0.25) is 5.91 Å². The van der Waals surface area contributed by atoms with Crippen LogP contribution in [0.4, 0.5) is 5.82 Å². The fourth-order valence-electron chi connectivity index (χ4n) is 2.94. The fraction of sp³-hybridized carbons (Fsp3) is 0.600. The predicted octanol–water partition coefficient (Wildman–Crippen LogP) is 0.238. The second-order valence-corrected chi connectivity index (χ2v) is 5.74. The van der Waals surface area contributed by atoms with Crippen molar-refractivity contribution in [3.8, 4) is 0 Å². The van der Waals surface area contributed by atoms with Crippen LogP contribution in [-0.2, 0) is 9.53 Å². The molecule has 0 saturated carbocycles. The first-order chi connectivity index (χ1) is 10.2. The Kier molecular flexibility index (Phi) is 4.07. The normalized spacial score (nSPS) is 22.1. The number of rotatable bonds is 2. The van der Waals surface area contributed by atoms with E-state index in [2.05, 4.69) is 9.88 Å². The molecule has 0 unspecified atom stereocenters. The van der Waals surface area contributed by atoms with E-state index in [-0.39, 0.29) is 5.91 Å². The Balaban J connectivity index is 1.59. The smallest absolute Gasteiger partial charge is 0.242 e. The van der Waals surface area contributed by atoms with Gasteiger partial charge in [-0.3, -0.25) is 4.79 Å². The quantitative estimate of drug-likeness (QED) is 0.844. The maximum atomic E-state index is 12.6. The number of piperazine rings is 1. The number of aromatic nitrogens is 1. The van der Waals surface area contributed by atoms with Crippen molar-refractivity contribution in [2.24, 2.45) is 5.73 Å². The van der Waals surface area contributed by atoms with Crippen molar-refractivity contribution < 1.29 is 9.53 Å². The summed E-state index contributed by atoms with van der Waals surface area (Å²) in [5.74, 6) is 1.05. The number of anilines is 1.